The number of aryl methyl sites for hydroxylation is 2. The number of nitrogens with one attached hydrogen (secondary N) is 1. The molecule has 0 aromatic carbocycles. The molecule has 6 heteroatoms. The molecule has 0 radical (unpaired) electrons. The number of nitrogens with zero attached hydrogens (tertiary/aromatic N) is 5. The van der Waals surface area contributed by atoms with E-state index in [1.54, 1.807) is 6.20 Å². The minimum atomic E-state index is 0.659. The van der Waals surface area contributed by atoms with Gasteiger partial charge in [-0.1, -0.05) is 6.07 Å². The summed E-state index contributed by atoms with van der Waals surface area (Å²) in [6, 6.07) is 4.04. The summed E-state index contributed by atoms with van der Waals surface area (Å²) < 4.78 is 1.91. The summed E-state index contributed by atoms with van der Waals surface area (Å²) in [7, 11) is 0. The fraction of sp³-hybridized carbons (Fsp3) is 0.231. The van der Waals surface area contributed by atoms with Gasteiger partial charge in [-0.15, -0.1) is 10.2 Å². The number of fused-ring (bicyclic) bond motifs is 1. The first-order valence-electron chi connectivity index (χ1n) is 6.06. The first-order valence-corrected chi connectivity index (χ1v) is 6.06. The van der Waals surface area contributed by atoms with Crippen molar-refractivity contribution in [3.63, 3.8) is 0 Å². The van der Waals surface area contributed by atoms with E-state index in [9.17, 15) is 0 Å². The van der Waals surface area contributed by atoms with Gasteiger partial charge >= 0.3 is 0 Å². The summed E-state index contributed by atoms with van der Waals surface area (Å²) in [5, 5.41) is 11.4. The summed E-state index contributed by atoms with van der Waals surface area (Å²) in [6.45, 7) is 4.54. The van der Waals surface area contributed by atoms with E-state index in [-0.39, 0.29) is 0 Å². The molecule has 0 bridgehead atoms. The average Bonchev–Trinajstić information content (AvgIpc) is 2.81. The van der Waals surface area contributed by atoms with Crippen molar-refractivity contribution in [2.75, 3.05) is 5.32 Å². The minimum absolute atomic E-state index is 0.659. The molecule has 3 heterocycles. The van der Waals surface area contributed by atoms with Crippen molar-refractivity contribution in [1.82, 2.24) is 24.6 Å². The Kier molecular flexibility index (Phi) is 2.83. The van der Waals surface area contributed by atoms with Crippen molar-refractivity contribution in [2.24, 2.45) is 0 Å². The lowest BCUT2D eigenvalue weighted by Crippen LogP contribution is -2.04. The molecule has 0 saturated carbocycles. The number of hydrogen-bond acceptors (Lipinski definition) is 5. The molecular weight excluding hydrogens is 240 g/mol. The standard InChI is InChI=1S/C13H14N6/c1-9-3-4-11(7-15-9)8-16-12-13-18-17-10(2)19(13)6-5-14-12/h3-7H,8H2,1-2H3,(H,14,16). The molecule has 0 atom stereocenters. The molecule has 19 heavy (non-hydrogen) atoms. The summed E-state index contributed by atoms with van der Waals surface area (Å²) in [5.74, 6) is 1.57. The van der Waals surface area contributed by atoms with Crippen LogP contribution in [0.2, 0.25) is 0 Å². The van der Waals surface area contributed by atoms with E-state index in [1.807, 2.05) is 42.8 Å². The highest BCUT2D eigenvalue weighted by Crippen LogP contribution is 2.13. The molecular formula is C13H14N6. The Morgan fingerprint density at radius 1 is 1.16 bits per heavy atom. The van der Waals surface area contributed by atoms with Gasteiger partial charge in [0.2, 0.25) is 5.65 Å². The van der Waals surface area contributed by atoms with E-state index in [2.05, 4.69) is 25.5 Å². The lowest BCUT2D eigenvalue weighted by Gasteiger charge is -2.06. The topological polar surface area (TPSA) is 68.0 Å². The Morgan fingerprint density at radius 3 is 2.84 bits per heavy atom. The quantitative estimate of drug-likeness (QED) is 0.771. The number of rotatable bonds is 3. The van der Waals surface area contributed by atoms with Crippen molar-refractivity contribution in [3.8, 4) is 0 Å². The summed E-state index contributed by atoms with van der Waals surface area (Å²) >= 11 is 0. The number of aromatic nitrogens is 5. The van der Waals surface area contributed by atoms with Crippen LogP contribution in [0.5, 0.6) is 0 Å². The van der Waals surface area contributed by atoms with Gasteiger partial charge in [-0.25, -0.2) is 4.98 Å². The SMILES string of the molecule is Cc1ccc(CNc2nccn3c(C)nnc23)cn1. The maximum atomic E-state index is 4.30. The Hall–Kier alpha value is -2.50. The van der Waals surface area contributed by atoms with E-state index < -0.39 is 0 Å². The third-order valence-corrected chi connectivity index (χ3v) is 2.93. The second-order valence-electron chi connectivity index (χ2n) is 4.38. The van der Waals surface area contributed by atoms with Crippen LogP contribution in [0.4, 0.5) is 5.82 Å². The molecule has 0 unspecified atom stereocenters. The molecule has 0 saturated heterocycles. The zero-order valence-corrected chi connectivity index (χ0v) is 10.8. The molecule has 0 amide bonds. The van der Waals surface area contributed by atoms with Crippen LogP contribution >= 0.6 is 0 Å². The van der Waals surface area contributed by atoms with Gasteiger partial charge in [0.25, 0.3) is 0 Å². The summed E-state index contributed by atoms with van der Waals surface area (Å²) in [5.41, 5.74) is 2.85. The number of hydrogen-bond donors (Lipinski definition) is 1. The maximum absolute atomic E-state index is 4.30. The van der Waals surface area contributed by atoms with Crippen LogP contribution in [-0.4, -0.2) is 24.6 Å². The van der Waals surface area contributed by atoms with Gasteiger partial charge in [-0.3, -0.25) is 9.38 Å². The van der Waals surface area contributed by atoms with Gasteiger partial charge in [0.05, 0.1) is 0 Å². The van der Waals surface area contributed by atoms with Gasteiger partial charge in [0, 0.05) is 30.8 Å². The highest BCUT2D eigenvalue weighted by atomic mass is 15.3. The van der Waals surface area contributed by atoms with Crippen LogP contribution in [-0.2, 0) is 6.54 Å². The van der Waals surface area contributed by atoms with Gasteiger partial charge < -0.3 is 5.32 Å². The summed E-state index contributed by atoms with van der Waals surface area (Å²) in [6.07, 6.45) is 5.44. The van der Waals surface area contributed by atoms with E-state index in [0.717, 1.165) is 28.5 Å². The smallest absolute Gasteiger partial charge is 0.203 e. The first kappa shape index (κ1) is 11.6. The van der Waals surface area contributed by atoms with Crippen LogP contribution in [0.3, 0.4) is 0 Å². The molecule has 96 valence electrons. The molecule has 0 aliphatic carbocycles. The molecule has 0 spiro atoms. The van der Waals surface area contributed by atoms with Gasteiger partial charge in [-0.05, 0) is 25.5 Å². The van der Waals surface area contributed by atoms with Gasteiger partial charge in [-0.2, -0.15) is 0 Å². The summed E-state index contributed by atoms with van der Waals surface area (Å²) in [4.78, 5) is 8.56. The fourth-order valence-corrected chi connectivity index (χ4v) is 1.86. The highest BCUT2D eigenvalue weighted by molar-refractivity contribution is 5.61. The van der Waals surface area contributed by atoms with E-state index in [4.69, 9.17) is 0 Å². The molecule has 6 nitrogen and oxygen atoms in total. The molecule has 0 aliphatic rings. The van der Waals surface area contributed by atoms with Crippen LogP contribution in [0, 0.1) is 13.8 Å². The normalized spacial score (nSPS) is 10.8. The molecule has 3 rings (SSSR count). The largest absolute Gasteiger partial charge is 0.363 e. The second kappa shape index (κ2) is 4.64. The first-order chi connectivity index (χ1) is 9.24. The highest BCUT2D eigenvalue weighted by Gasteiger charge is 2.07. The Morgan fingerprint density at radius 2 is 2.05 bits per heavy atom. The zero-order valence-electron chi connectivity index (χ0n) is 10.8. The number of anilines is 1. The molecule has 1 N–H and O–H groups in total. The monoisotopic (exact) mass is 254 g/mol. The van der Waals surface area contributed by atoms with E-state index in [0.29, 0.717) is 6.54 Å². The predicted octanol–water partition coefficient (Wildman–Crippen LogP) is 1.75. The van der Waals surface area contributed by atoms with Crippen LogP contribution < -0.4 is 5.32 Å². The Labute approximate surface area is 110 Å². The fourth-order valence-electron chi connectivity index (χ4n) is 1.86. The molecule has 3 aromatic heterocycles. The van der Waals surface area contributed by atoms with Gasteiger partial charge in [0.15, 0.2) is 5.82 Å². The molecule has 3 aromatic rings. The lowest BCUT2D eigenvalue weighted by molar-refractivity contribution is 0.999. The van der Waals surface area contributed by atoms with Crippen molar-refractivity contribution >= 4 is 11.5 Å². The van der Waals surface area contributed by atoms with Crippen molar-refractivity contribution in [2.45, 2.75) is 20.4 Å². The third-order valence-electron chi connectivity index (χ3n) is 2.93. The molecule has 0 aliphatic heterocycles. The molecule has 0 fully saturated rings. The Bertz CT molecular complexity index is 701. The Balaban J connectivity index is 1.83. The van der Waals surface area contributed by atoms with Crippen molar-refractivity contribution < 1.29 is 0 Å². The average molecular weight is 254 g/mol. The van der Waals surface area contributed by atoms with E-state index >= 15 is 0 Å². The number of pyridine rings is 1. The van der Waals surface area contributed by atoms with Crippen LogP contribution in [0.15, 0.2) is 30.7 Å². The second-order valence-corrected chi connectivity index (χ2v) is 4.38. The minimum Gasteiger partial charge on any atom is -0.363 e. The van der Waals surface area contributed by atoms with Crippen molar-refractivity contribution in [3.05, 3.63) is 47.8 Å². The lowest BCUT2D eigenvalue weighted by atomic mass is 10.2. The van der Waals surface area contributed by atoms with Crippen molar-refractivity contribution in [1.29, 1.82) is 0 Å². The van der Waals surface area contributed by atoms with Crippen LogP contribution in [0.1, 0.15) is 17.1 Å². The third kappa shape index (κ3) is 2.24. The zero-order chi connectivity index (χ0) is 13.2. The van der Waals surface area contributed by atoms with Gasteiger partial charge in [0.1, 0.15) is 5.82 Å². The van der Waals surface area contributed by atoms with E-state index in [1.165, 1.54) is 0 Å². The van der Waals surface area contributed by atoms with Crippen LogP contribution in [0.25, 0.3) is 5.65 Å². The maximum Gasteiger partial charge on any atom is 0.203 e. The predicted molar refractivity (Wildman–Crippen MR) is 71.8 cm³/mol.